The summed E-state index contributed by atoms with van der Waals surface area (Å²) in [6.45, 7) is 0. The van der Waals surface area contributed by atoms with Crippen LogP contribution in [0.2, 0.25) is 0 Å². The SMILES string of the molecule is O=C(c1ccc(SCC2CC2)cc1)c1ccc(SCC2CC2)cc1. The molecule has 124 valence electrons. The number of carbonyl (C=O) groups is 1. The van der Waals surface area contributed by atoms with E-state index in [0.717, 1.165) is 23.0 Å². The van der Waals surface area contributed by atoms with Gasteiger partial charge in [0.2, 0.25) is 0 Å². The van der Waals surface area contributed by atoms with Gasteiger partial charge in [0.1, 0.15) is 0 Å². The summed E-state index contributed by atoms with van der Waals surface area (Å²) in [7, 11) is 0. The zero-order valence-corrected chi connectivity index (χ0v) is 15.4. The first-order valence-corrected chi connectivity index (χ1v) is 10.8. The lowest BCUT2D eigenvalue weighted by atomic mass is 10.0. The van der Waals surface area contributed by atoms with Crippen LogP contribution >= 0.6 is 23.5 Å². The molecule has 0 atom stereocenters. The predicted octanol–water partition coefficient (Wildman–Crippen LogP) is 5.92. The van der Waals surface area contributed by atoms with Gasteiger partial charge >= 0.3 is 0 Å². The van der Waals surface area contributed by atoms with Crippen LogP contribution in [0.25, 0.3) is 0 Å². The number of rotatable bonds is 8. The molecule has 0 spiro atoms. The first-order valence-electron chi connectivity index (χ1n) is 8.78. The fourth-order valence-corrected chi connectivity index (χ4v) is 4.75. The van der Waals surface area contributed by atoms with E-state index >= 15 is 0 Å². The molecule has 0 saturated heterocycles. The molecular formula is C21H22OS2. The Bertz CT molecular complexity index is 636. The maximum absolute atomic E-state index is 12.6. The van der Waals surface area contributed by atoms with Crippen molar-refractivity contribution in [3.8, 4) is 0 Å². The van der Waals surface area contributed by atoms with E-state index < -0.39 is 0 Å². The van der Waals surface area contributed by atoms with E-state index in [9.17, 15) is 4.79 Å². The molecule has 2 aromatic carbocycles. The van der Waals surface area contributed by atoms with Gasteiger partial charge in [0.15, 0.2) is 5.78 Å². The molecule has 0 aliphatic heterocycles. The third-order valence-corrected chi connectivity index (χ3v) is 7.09. The Hall–Kier alpha value is -1.19. The third-order valence-electron chi connectivity index (χ3n) is 4.60. The number of hydrogen-bond acceptors (Lipinski definition) is 3. The van der Waals surface area contributed by atoms with Gasteiger partial charge in [-0.1, -0.05) is 0 Å². The highest BCUT2D eigenvalue weighted by Gasteiger charge is 2.21. The topological polar surface area (TPSA) is 17.1 Å². The molecule has 2 saturated carbocycles. The Kier molecular flexibility index (Phi) is 5.00. The molecule has 0 bridgehead atoms. The number of hydrogen-bond donors (Lipinski definition) is 0. The van der Waals surface area contributed by atoms with Crippen LogP contribution in [-0.4, -0.2) is 17.3 Å². The highest BCUT2D eigenvalue weighted by atomic mass is 32.2. The number of ketones is 1. The first-order chi connectivity index (χ1) is 11.8. The summed E-state index contributed by atoms with van der Waals surface area (Å²) < 4.78 is 0. The molecule has 0 N–H and O–H groups in total. The molecule has 0 amide bonds. The Balaban J connectivity index is 1.36. The fourth-order valence-electron chi connectivity index (χ4n) is 2.57. The Morgan fingerprint density at radius 1 is 0.708 bits per heavy atom. The number of benzene rings is 2. The molecule has 2 aliphatic carbocycles. The van der Waals surface area contributed by atoms with Crippen LogP contribution in [0.5, 0.6) is 0 Å². The van der Waals surface area contributed by atoms with Crippen molar-refractivity contribution < 1.29 is 4.79 Å². The lowest BCUT2D eigenvalue weighted by molar-refractivity contribution is 0.103. The van der Waals surface area contributed by atoms with Gasteiger partial charge in [-0.3, -0.25) is 4.79 Å². The molecule has 0 aromatic heterocycles. The summed E-state index contributed by atoms with van der Waals surface area (Å²) in [5.41, 5.74) is 1.56. The van der Waals surface area contributed by atoms with E-state index in [1.54, 1.807) is 0 Å². The first kappa shape index (κ1) is 16.3. The standard InChI is InChI=1S/C21H22OS2/c22-21(17-5-9-19(10-6-17)23-13-15-1-2-15)18-7-11-20(12-8-18)24-14-16-3-4-16/h5-12,15-16H,1-4,13-14H2. The summed E-state index contributed by atoms with van der Waals surface area (Å²) in [4.78, 5) is 15.1. The van der Waals surface area contributed by atoms with Crippen molar-refractivity contribution in [3.63, 3.8) is 0 Å². The molecule has 4 rings (SSSR count). The lowest BCUT2D eigenvalue weighted by Crippen LogP contribution is -2.00. The summed E-state index contributed by atoms with van der Waals surface area (Å²) >= 11 is 3.82. The molecule has 2 aromatic rings. The average Bonchev–Trinajstić information content (AvgIpc) is 3.53. The van der Waals surface area contributed by atoms with Crippen molar-refractivity contribution in [1.29, 1.82) is 0 Å². The predicted molar refractivity (Wildman–Crippen MR) is 103 cm³/mol. The number of carbonyl (C=O) groups excluding carboxylic acids is 1. The normalized spacial score (nSPS) is 17.0. The van der Waals surface area contributed by atoms with Gasteiger partial charge in [0.25, 0.3) is 0 Å². The monoisotopic (exact) mass is 354 g/mol. The molecule has 3 heteroatoms. The van der Waals surface area contributed by atoms with Crippen molar-refractivity contribution in [3.05, 3.63) is 59.7 Å². The van der Waals surface area contributed by atoms with Gasteiger partial charge < -0.3 is 0 Å². The van der Waals surface area contributed by atoms with E-state index in [1.807, 2.05) is 47.8 Å². The second-order valence-corrected chi connectivity index (χ2v) is 9.07. The van der Waals surface area contributed by atoms with Crippen LogP contribution in [0.4, 0.5) is 0 Å². The molecule has 2 fully saturated rings. The van der Waals surface area contributed by atoms with E-state index in [4.69, 9.17) is 0 Å². The van der Waals surface area contributed by atoms with E-state index in [2.05, 4.69) is 24.3 Å². The molecule has 0 heterocycles. The molecule has 1 nitrogen and oxygen atoms in total. The fraction of sp³-hybridized carbons (Fsp3) is 0.381. The largest absolute Gasteiger partial charge is 0.289 e. The maximum Gasteiger partial charge on any atom is 0.193 e. The zero-order chi connectivity index (χ0) is 16.4. The van der Waals surface area contributed by atoms with E-state index in [1.165, 1.54) is 47.0 Å². The average molecular weight is 355 g/mol. The van der Waals surface area contributed by atoms with Gasteiger partial charge in [0, 0.05) is 32.4 Å². The highest BCUT2D eigenvalue weighted by Crippen LogP contribution is 2.36. The smallest absolute Gasteiger partial charge is 0.193 e. The van der Waals surface area contributed by atoms with Crippen LogP contribution in [-0.2, 0) is 0 Å². The Labute approximate surface area is 152 Å². The lowest BCUT2D eigenvalue weighted by Gasteiger charge is -2.05. The molecule has 0 radical (unpaired) electrons. The van der Waals surface area contributed by atoms with Gasteiger partial charge in [0.05, 0.1) is 0 Å². The zero-order valence-electron chi connectivity index (χ0n) is 13.7. The van der Waals surface area contributed by atoms with Crippen molar-refractivity contribution in [2.45, 2.75) is 35.5 Å². The van der Waals surface area contributed by atoms with Crippen molar-refractivity contribution in [2.75, 3.05) is 11.5 Å². The second-order valence-electron chi connectivity index (χ2n) is 6.89. The van der Waals surface area contributed by atoms with Gasteiger partial charge in [-0.2, -0.15) is 0 Å². The Morgan fingerprint density at radius 2 is 1.08 bits per heavy atom. The summed E-state index contributed by atoms with van der Waals surface area (Å²) in [6.07, 6.45) is 5.55. The summed E-state index contributed by atoms with van der Waals surface area (Å²) in [5, 5.41) is 0. The third kappa shape index (κ3) is 4.46. The quantitative estimate of drug-likeness (QED) is 0.432. The Morgan fingerprint density at radius 3 is 1.42 bits per heavy atom. The van der Waals surface area contributed by atoms with Crippen LogP contribution in [0.3, 0.4) is 0 Å². The minimum absolute atomic E-state index is 0.118. The van der Waals surface area contributed by atoms with Crippen molar-refractivity contribution in [1.82, 2.24) is 0 Å². The second kappa shape index (κ2) is 7.37. The van der Waals surface area contributed by atoms with Crippen LogP contribution in [0, 0.1) is 11.8 Å². The van der Waals surface area contributed by atoms with Gasteiger partial charge in [-0.25, -0.2) is 0 Å². The maximum atomic E-state index is 12.6. The number of thioether (sulfide) groups is 2. The summed E-state index contributed by atoms with van der Waals surface area (Å²) in [5.74, 6) is 4.40. The van der Waals surface area contributed by atoms with Gasteiger partial charge in [-0.05, 0) is 86.1 Å². The van der Waals surface area contributed by atoms with Gasteiger partial charge in [-0.15, -0.1) is 23.5 Å². The van der Waals surface area contributed by atoms with Crippen molar-refractivity contribution in [2.24, 2.45) is 11.8 Å². The summed E-state index contributed by atoms with van der Waals surface area (Å²) in [6, 6.07) is 16.2. The minimum atomic E-state index is 0.118. The van der Waals surface area contributed by atoms with Crippen LogP contribution in [0.15, 0.2) is 58.3 Å². The highest BCUT2D eigenvalue weighted by molar-refractivity contribution is 7.99. The molecule has 2 aliphatic rings. The van der Waals surface area contributed by atoms with E-state index in [-0.39, 0.29) is 5.78 Å². The van der Waals surface area contributed by atoms with Crippen molar-refractivity contribution >= 4 is 29.3 Å². The van der Waals surface area contributed by atoms with Crippen LogP contribution in [0.1, 0.15) is 41.6 Å². The van der Waals surface area contributed by atoms with E-state index in [0.29, 0.717) is 0 Å². The molecule has 0 unspecified atom stereocenters. The minimum Gasteiger partial charge on any atom is -0.289 e. The molecule has 24 heavy (non-hydrogen) atoms. The molecular weight excluding hydrogens is 332 g/mol. The van der Waals surface area contributed by atoms with Crippen LogP contribution < -0.4 is 0 Å².